The molecule has 2 aromatic heterocycles. The number of fused-ring (bicyclic) bond motifs is 1. The summed E-state index contributed by atoms with van der Waals surface area (Å²) in [7, 11) is 1.51. The molecule has 0 saturated heterocycles. The van der Waals surface area contributed by atoms with Crippen LogP contribution < -0.4 is 15.4 Å². The summed E-state index contributed by atoms with van der Waals surface area (Å²) in [6.45, 7) is 0. The highest BCUT2D eigenvalue weighted by Crippen LogP contribution is 2.38. The summed E-state index contributed by atoms with van der Waals surface area (Å²) in [5.41, 5.74) is 0.548. The van der Waals surface area contributed by atoms with Crippen molar-refractivity contribution in [3.8, 4) is 11.6 Å². The number of amides is 1. The predicted molar refractivity (Wildman–Crippen MR) is 109 cm³/mol. The molecule has 4 rings (SSSR count). The molecule has 2 heterocycles. The molecule has 4 aromatic rings. The van der Waals surface area contributed by atoms with Crippen molar-refractivity contribution in [2.24, 2.45) is 0 Å². The number of halogens is 3. The Balaban J connectivity index is 1.66. The number of anilines is 2. The number of carbonyl (C=O) groups is 1. The summed E-state index contributed by atoms with van der Waals surface area (Å²) < 4.78 is 46.0. The third-order valence-electron chi connectivity index (χ3n) is 4.45. The highest BCUT2D eigenvalue weighted by Gasteiger charge is 2.36. The van der Waals surface area contributed by atoms with Crippen molar-refractivity contribution in [1.82, 2.24) is 20.3 Å². The van der Waals surface area contributed by atoms with E-state index < -0.39 is 17.6 Å². The van der Waals surface area contributed by atoms with E-state index in [4.69, 9.17) is 4.74 Å². The zero-order valence-corrected chi connectivity index (χ0v) is 16.1. The number of H-pyrrole nitrogens is 1. The van der Waals surface area contributed by atoms with Gasteiger partial charge in [0.05, 0.1) is 0 Å². The van der Waals surface area contributed by atoms with Gasteiger partial charge in [0.15, 0.2) is 0 Å². The van der Waals surface area contributed by atoms with Gasteiger partial charge in [-0.05, 0) is 42.5 Å². The second kappa shape index (κ2) is 7.98. The zero-order chi connectivity index (χ0) is 22.0. The van der Waals surface area contributed by atoms with Crippen LogP contribution in [0.3, 0.4) is 0 Å². The number of aromatic amines is 1. The maximum atomic E-state index is 13.5. The molecule has 0 aliphatic carbocycles. The molecule has 10 heteroatoms. The van der Waals surface area contributed by atoms with Gasteiger partial charge >= 0.3 is 6.18 Å². The molecule has 158 valence electrons. The first-order chi connectivity index (χ1) is 14.8. The fourth-order valence-electron chi connectivity index (χ4n) is 2.93. The molecule has 0 radical (unpaired) electrons. The van der Waals surface area contributed by atoms with Crippen molar-refractivity contribution in [1.29, 1.82) is 0 Å². The van der Waals surface area contributed by atoms with Crippen LogP contribution in [0.1, 0.15) is 15.9 Å². The van der Waals surface area contributed by atoms with Crippen molar-refractivity contribution in [3.63, 3.8) is 0 Å². The minimum absolute atomic E-state index is 0.0862. The molecule has 0 atom stereocenters. The van der Waals surface area contributed by atoms with Gasteiger partial charge in [-0.3, -0.25) is 4.79 Å². The average Bonchev–Trinajstić information content (AvgIpc) is 3.23. The minimum atomic E-state index is -4.70. The average molecular weight is 427 g/mol. The van der Waals surface area contributed by atoms with E-state index in [1.807, 2.05) is 0 Å². The highest BCUT2D eigenvalue weighted by atomic mass is 19.4. The molecule has 31 heavy (non-hydrogen) atoms. The number of rotatable bonds is 5. The van der Waals surface area contributed by atoms with E-state index >= 15 is 0 Å². The van der Waals surface area contributed by atoms with Crippen LogP contribution in [0.2, 0.25) is 0 Å². The van der Waals surface area contributed by atoms with E-state index in [2.05, 4.69) is 25.6 Å². The second-order valence-electron chi connectivity index (χ2n) is 6.49. The van der Waals surface area contributed by atoms with Gasteiger partial charge in [0.1, 0.15) is 11.3 Å². The molecule has 0 spiro atoms. The number of ether oxygens (including phenoxy) is 1. The van der Waals surface area contributed by atoms with Crippen LogP contribution in [0.25, 0.3) is 10.9 Å². The summed E-state index contributed by atoms with van der Waals surface area (Å²) in [4.78, 5) is 22.3. The summed E-state index contributed by atoms with van der Waals surface area (Å²) >= 11 is 0. The Kier molecular flexibility index (Phi) is 5.20. The first-order valence-corrected chi connectivity index (χ1v) is 9.12. The Labute approximate surface area is 174 Å². The Morgan fingerprint density at radius 3 is 2.58 bits per heavy atom. The Morgan fingerprint density at radius 2 is 1.87 bits per heavy atom. The summed E-state index contributed by atoms with van der Waals surface area (Å²) in [5.74, 6) is -0.742. The van der Waals surface area contributed by atoms with E-state index in [1.54, 1.807) is 54.7 Å². The molecule has 0 aliphatic heterocycles. The van der Waals surface area contributed by atoms with Crippen molar-refractivity contribution in [2.45, 2.75) is 6.18 Å². The number of carbonyl (C=O) groups excluding carboxylic acids is 1. The zero-order valence-electron chi connectivity index (χ0n) is 16.1. The van der Waals surface area contributed by atoms with Crippen molar-refractivity contribution >= 4 is 28.4 Å². The fourth-order valence-corrected chi connectivity index (χ4v) is 2.93. The van der Waals surface area contributed by atoms with Crippen LogP contribution in [-0.4, -0.2) is 27.9 Å². The van der Waals surface area contributed by atoms with Gasteiger partial charge in [0.25, 0.3) is 5.91 Å². The van der Waals surface area contributed by atoms with Crippen LogP contribution >= 0.6 is 0 Å². The largest absolute Gasteiger partial charge is 0.437 e. The molecular weight excluding hydrogens is 411 g/mol. The van der Waals surface area contributed by atoms with Crippen LogP contribution in [-0.2, 0) is 6.18 Å². The quantitative estimate of drug-likeness (QED) is 0.423. The lowest BCUT2D eigenvalue weighted by Crippen LogP contribution is -2.17. The highest BCUT2D eigenvalue weighted by molar-refractivity contribution is 5.94. The predicted octanol–water partition coefficient (Wildman–Crippen LogP) is 4.87. The fraction of sp³-hybridized carbons (Fsp3) is 0.0952. The Bertz CT molecular complexity index is 1240. The molecule has 0 aliphatic rings. The molecule has 0 bridgehead atoms. The maximum absolute atomic E-state index is 13.5. The van der Waals surface area contributed by atoms with E-state index in [0.29, 0.717) is 22.8 Å². The molecule has 7 nitrogen and oxygen atoms in total. The molecule has 1 amide bonds. The van der Waals surface area contributed by atoms with Crippen LogP contribution in [0.4, 0.5) is 24.8 Å². The number of nitrogens with zero attached hydrogens (tertiary/aromatic N) is 2. The monoisotopic (exact) mass is 427 g/mol. The van der Waals surface area contributed by atoms with Gasteiger partial charge in [-0.1, -0.05) is 6.07 Å². The first kappa shape index (κ1) is 20.2. The molecule has 3 N–H and O–H groups in total. The Morgan fingerprint density at radius 1 is 1.10 bits per heavy atom. The summed E-state index contributed by atoms with van der Waals surface area (Å²) in [6.07, 6.45) is -2.37. The van der Waals surface area contributed by atoms with Crippen LogP contribution in [0.5, 0.6) is 11.6 Å². The number of aromatic nitrogens is 3. The first-order valence-electron chi connectivity index (χ1n) is 9.12. The van der Waals surface area contributed by atoms with Crippen molar-refractivity contribution < 1.29 is 22.7 Å². The molecule has 2 aromatic carbocycles. The number of hydrogen-bond donors (Lipinski definition) is 3. The third-order valence-corrected chi connectivity index (χ3v) is 4.45. The van der Waals surface area contributed by atoms with Gasteiger partial charge in [-0.2, -0.15) is 18.2 Å². The van der Waals surface area contributed by atoms with Gasteiger partial charge in [0.2, 0.25) is 11.8 Å². The topological polar surface area (TPSA) is 91.9 Å². The number of nitrogens with one attached hydrogen (secondary N) is 3. The number of benzene rings is 2. The molecule has 0 saturated carbocycles. The lowest BCUT2D eigenvalue weighted by molar-refractivity contribution is -0.139. The van der Waals surface area contributed by atoms with E-state index in [1.165, 1.54) is 7.05 Å². The lowest BCUT2D eigenvalue weighted by Gasteiger charge is -2.14. The van der Waals surface area contributed by atoms with Crippen molar-refractivity contribution in [2.75, 3.05) is 12.4 Å². The lowest BCUT2D eigenvalue weighted by atomic mass is 10.2. The molecular formula is C21H16F3N5O2. The molecule has 0 fully saturated rings. The third kappa shape index (κ3) is 4.27. The molecule has 0 unspecified atom stereocenters. The number of alkyl halides is 3. The van der Waals surface area contributed by atoms with Gasteiger partial charge < -0.3 is 20.4 Å². The minimum Gasteiger partial charge on any atom is -0.437 e. The van der Waals surface area contributed by atoms with Crippen molar-refractivity contribution in [3.05, 3.63) is 72.1 Å². The summed E-state index contributed by atoms with van der Waals surface area (Å²) in [5, 5.41) is 5.94. The second-order valence-corrected chi connectivity index (χ2v) is 6.49. The van der Waals surface area contributed by atoms with E-state index in [0.717, 1.165) is 5.52 Å². The van der Waals surface area contributed by atoms with E-state index in [9.17, 15) is 18.0 Å². The number of hydrogen-bond acceptors (Lipinski definition) is 5. The standard InChI is InChI=1S/C21H16F3N5O2/c1-25-18(30)12-5-7-13(8-6-12)28-20-27-11-15(21(22,23)24)19(29-20)31-17-4-2-3-16-14(17)9-10-26-16/h2-11,26H,1H3,(H,25,30)(H,27,28,29). The van der Waals surface area contributed by atoms with Gasteiger partial charge in [-0.15, -0.1) is 0 Å². The Hall–Kier alpha value is -4.08. The van der Waals surface area contributed by atoms with Crippen LogP contribution in [0.15, 0.2) is 60.9 Å². The van der Waals surface area contributed by atoms with Gasteiger partial charge in [-0.25, -0.2) is 4.98 Å². The normalized spacial score (nSPS) is 11.4. The van der Waals surface area contributed by atoms with E-state index in [-0.39, 0.29) is 17.6 Å². The van der Waals surface area contributed by atoms with Gasteiger partial charge in [0, 0.05) is 41.6 Å². The van der Waals surface area contributed by atoms with Crippen LogP contribution in [0, 0.1) is 0 Å². The summed E-state index contributed by atoms with van der Waals surface area (Å²) in [6, 6.07) is 13.0. The SMILES string of the molecule is CNC(=O)c1ccc(Nc2ncc(C(F)(F)F)c(Oc3cccc4[nH]ccc34)n2)cc1. The maximum Gasteiger partial charge on any atom is 0.423 e. The smallest absolute Gasteiger partial charge is 0.423 e.